The summed E-state index contributed by atoms with van der Waals surface area (Å²) in [5.41, 5.74) is 6.69. The van der Waals surface area contributed by atoms with Crippen LogP contribution in [0.1, 0.15) is 0 Å². The van der Waals surface area contributed by atoms with Gasteiger partial charge in [0.05, 0.1) is 18.0 Å². The Morgan fingerprint density at radius 2 is 2.14 bits per heavy atom. The van der Waals surface area contributed by atoms with E-state index in [1.165, 1.54) is 6.20 Å². The molecule has 1 heterocycles. The molecule has 1 aromatic carbocycles. The molecule has 14 heavy (non-hydrogen) atoms. The van der Waals surface area contributed by atoms with Gasteiger partial charge in [0, 0.05) is 11.1 Å². The summed E-state index contributed by atoms with van der Waals surface area (Å²) in [5.74, 6) is 0. The number of nitrogens with zero attached hydrogens (tertiary/aromatic N) is 2. The van der Waals surface area contributed by atoms with E-state index < -0.39 is 10.0 Å². The molecular formula is C8H9N3O2S. The van der Waals surface area contributed by atoms with E-state index >= 15 is 0 Å². The Hall–Kier alpha value is -1.56. The largest absolute Gasteiger partial charge is 0.399 e. The molecule has 2 N–H and O–H groups in total. The number of rotatable bonds is 1. The third-order valence-corrected chi connectivity index (χ3v) is 2.79. The molecule has 0 amide bonds. The Bertz CT molecular complexity index is 586. The van der Waals surface area contributed by atoms with Crippen LogP contribution in [0.25, 0.3) is 10.9 Å². The predicted octanol–water partition coefficient (Wildman–Crippen LogP) is 0.426. The van der Waals surface area contributed by atoms with E-state index in [-0.39, 0.29) is 0 Å². The van der Waals surface area contributed by atoms with Crippen LogP contribution in [-0.2, 0) is 10.0 Å². The molecule has 5 nitrogen and oxygen atoms in total. The fourth-order valence-electron chi connectivity index (χ4n) is 1.29. The van der Waals surface area contributed by atoms with Gasteiger partial charge in [0.25, 0.3) is 10.0 Å². The molecular weight excluding hydrogens is 202 g/mol. The molecule has 2 aromatic rings. The van der Waals surface area contributed by atoms with Crippen molar-refractivity contribution in [2.75, 3.05) is 12.0 Å². The quantitative estimate of drug-likeness (QED) is 0.694. The normalized spacial score (nSPS) is 12.1. The summed E-state index contributed by atoms with van der Waals surface area (Å²) in [6, 6.07) is 4.97. The van der Waals surface area contributed by atoms with Crippen LogP contribution >= 0.6 is 0 Å². The second kappa shape index (κ2) is 2.71. The molecule has 0 spiro atoms. The molecule has 0 aliphatic carbocycles. The lowest BCUT2D eigenvalue weighted by atomic mass is 10.2. The van der Waals surface area contributed by atoms with Crippen LogP contribution < -0.4 is 5.73 Å². The van der Waals surface area contributed by atoms with Crippen LogP contribution in [0, 0.1) is 0 Å². The first-order chi connectivity index (χ1) is 6.48. The third kappa shape index (κ3) is 1.33. The smallest absolute Gasteiger partial charge is 0.251 e. The second-order valence-corrected chi connectivity index (χ2v) is 4.88. The van der Waals surface area contributed by atoms with Crippen molar-refractivity contribution in [2.45, 2.75) is 0 Å². The van der Waals surface area contributed by atoms with Crippen LogP contribution in [0.15, 0.2) is 24.4 Å². The Morgan fingerprint density at radius 1 is 1.43 bits per heavy atom. The number of hydrogen-bond donors (Lipinski definition) is 1. The van der Waals surface area contributed by atoms with E-state index in [4.69, 9.17) is 5.73 Å². The van der Waals surface area contributed by atoms with Gasteiger partial charge in [0.15, 0.2) is 0 Å². The van der Waals surface area contributed by atoms with Gasteiger partial charge >= 0.3 is 0 Å². The van der Waals surface area contributed by atoms with Gasteiger partial charge in [-0.2, -0.15) is 9.19 Å². The maximum atomic E-state index is 11.3. The van der Waals surface area contributed by atoms with Crippen molar-refractivity contribution in [3.63, 3.8) is 0 Å². The summed E-state index contributed by atoms with van der Waals surface area (Å²) in [5, 5.41) is 4.50. The number of benzene rings is 1. The monoisotopic (exact) mass is 211 g/mol. The van der Waals surface area contributed by atoms with Crippen molar-refractivity contribution in [1.82, 2.24) is 9.19 Å². The fourth-order valence-corrected chi connectivity index (χ4v) is 2.03. The maximum absolute atomic E-state index is 11.3. The van der Waals surface area contributed by atoms with Crippen molar-refractivity contribution < 1.29 is 8.42 Å². The van der Waals surface area contributed by atoms with E-state index in [2.05, 4.69) is 5.10 Å². The Labute approximate surface area is 81.2 Å². The maximum Gasteiger partial charge on any atom is 0.251 e. The number of hydrogen-bond acceptors (Lipinski definition) is 4. The number of aromatic nitrogens is 2. The van der Waals surface area contributed by atoms with Crippen molar-refractivity contribution in [3.05, 3.63) is 24.4 Å². The fraction of sp³-hybridized carbons (Fsp3) is 0.125. The summed E-state index contributed by atoms with van der Waals surface area (Å²) in [7, 11) is -3.33. The SMILES string of the molecule is CS(=O)(=O)n1ncc2cc(N)ccc21. The zero-order valence-corrected chi connectivity index (χ0v) is 8.32. The molecule has 0 unspecified atom stereocenters. The summed E-state index contributed by atoms with van der Waals surface area (Å²) in [4.78, 5) is 0. The molecule has 0 aliphatic rings. The van der Waals surface area contributed by atoms with E-state index in [9.17, 15) is 8.42 Å². The highest BCUT2D eigenvalue weighted by molar-refractivity contribution is 7.89. The Balaban J connectivity index is 2.83. The summed E-state index contributed by atoms with van der Waals surface area (Å²) >= 11 is 0. The number of anilines is 1. The van der Waals surface area contributed by atoms with Crippen LogP contribution in [0.3, 0.4) is 0 Å². The molecule has 0 bridgehead atoms. The number of nitrogens with two attached hydrogens (primary N) is 1. The lowest BCUT2D eigenvalue weighted by molar-refractivity contribution is 0.588. The minimum atomic E-state index is -3.33. The van der Waals surface area contributed by atoms with Gasteiger partial charge in [0.2, 0.25) is 0 Å². The minimum Gasteiger partial charge on any atom is -0.399 e. The average Bonchev–Trinajstić information content (AvgIpc) is 2.45. The van der Waals surface area contributed by atoms with Crippen molar-refractivity contribution >= 4 is 26.6 Å². The average molecular weight is 211 g/mol. The highest BCUT2D eigenvalue weighted by Crippen LogP contribution is 2.17. The molecule has 0 saturated carbocycles. The zero-order chi connectivity index (χ0) is 10.3. The molecule has 1 aromatic heterocycles. The van der Waals surface area contributed by atoms with E-state index in [1.54, 1.807) is 18.2 Å². The zero-order valence-electron chi connectivity index (χ0n) is 7.51. The van der Waals surface area contributed by atoms with E-state index in [1.807, 2.05) is 0 Å². The van der Waals surface area contributed by atoms with Crippen molar-refractivity contribution in [3.8, 4) is 0 Å². The molecule has 0 saturated heterocycles. The molecule has 2 rings (SSSR count). The van der Waals surface area contributed by atoms with Crippen LogP contribution in [0.5, 0.6) is 0 Å². The van der Waals surface area contributed by atoms with Crippen molar-refractivity contribution in [2.24, 2.45) is 0 Å². The Morgan fingerprint density at radius 3 is 2.79 bits per heavy atom. The summed E-state index contributed by atoms with van der Waals surface area (Å²) < 4.78 is 23.5. The first-order valence-electron chi connectivity index (χ1n) is 3.92. The third-order valence-electron chi connectivity index (χ3n) is 1.87. The second-order valence-electron chi connectivity index (χ2n) is 3.07. The van der Waals surface area contributed by atoms with Gasteiger partial charge in [-0.15, -0.1) is 0 Å². The van der Waals surface area contributed by atoms with E-state index in [0.717, 1.165) is 15.7 Å². The molecule has 74 valence electrons. The van der Waals surface area contributed by atoms with Gasteiger partial charge < -0.3 is 5.73 Å². The minimum absolute atomic E-state index is 0.543. The van der Waals surface area contributed by atoms with Gasteiger partial charge in [-0.05, 0) is 18.2 Å². The number of nitrogen functional groups attached to an aromatic ring is 1. The van der Waals surface area contributed by atoms with Gasteiger partial charge in [-0.3, -0.25) is 0 Å². The molecule has 6 heteroatoms. The van der Waals surface area contributed by atoms with Gasteiger partial charge in [-0.1, -0.05) is 0 Å². The summed E-state index contributed by atoms with van der Waals surface area (Å²) in [6.45, 7) is 0. The Kier molecular flexibility index (Phi) is 1.75. The van der Waals surface area contributed by atoms with E-state index in [0.29, 0.717) is 11.2 Å². The van der Waals surface area contributed by atoms with Crippen LogP contribution in [-0.4, -0.2) is 23.9 Å². The van der Waals surface area contributed by atoms with Crippen LogP contribution in [0.4, 0.5) is 5.69 Å². The first-order valence-corrected chi connectivity index (χ1v) is 5.77. The topological polar surface area (TPSA) is 78.0 Å². The van der Waals surface area contributed by atoms with Gasteiger partial charge in [-0.25, -0.2) is 8.42 Å². The number of fused-ring (bicyclic) bond motifs is 1. The molecule has 0 aliphatic heterocycles. The highest BCUT2D eigenvalue weighted by Gasteiger charge is 2.10. The highest BCUT2D eigenvalue weighted by atomic mass is 32.2. The molecule has 0 fully saturated rings. The van der Waals surface area contributed by atoms with Crippen LogP contribution in [0.2, 0.25) is 0 Å². The lowest BCUT2D eigenvalue weighted by Crippen LogP contribution is -2.11. The first kappa shape index (κ1) is 9.01. The standard InChI is InChI=1S/C8H9N3O2S/c1-14(12,13)11-8-3-2-7(9)4-6(8)5-10-11/h2-5H,9H2,1H3. The molecule has 0 radical (unpaired) electrons. The van der Waals surface area contributed by atoms with Crippen molar-refractivity contribution in [1.29, 1.82) is 0 Å². The predicted molar refractivity (Wildman–Crippen MR) is 54.4 cm³/mol. The molecule has 0 atom stereocenters. The summed E-state index contributed by atoms with van der Waals surface area (Å²) in [6.07, 6.45) is 2.59. The van der Waals surface area contributed by atoms with Gasteiger partial charge in [0.1, 0.15) is 0 Å². The lowest BCUT2D eigenvalue weighted by Gasteiger charge is -1.99.